The summed E-state index contributed by atoms with van der Waals surface area (Å²) in [6, 6.07) is 0.135. The third-order valence-electron chi connectivity index (χ3n) is 4.69. The Morgan fingerprint density at radius 3 is 3.13 bits per heavy atom. The number of rotatable bonds is 3. The van der Waals surface area contributed by atoms with Crippen molar-refractivity contribution in [2.45, 2.75) is 50.8 Å². The van der Waals surface area contributed by atoms with Gasteiger partial charge in [-0.05, 0) is 37.1 Å². The van der Waals surface area contributed by atoms with E-state index in [4.69, 9.17) is 4.74 Å². The summed E-state index contributed by atoms with van der Waals surface area (Å²) in [5, 5.41) is 9.86. The van der Waals surface area contributed by atoms with Crippen LogP contribution in [0.1, 0.15) is 31.2 Å². The Bertz CT molecular complexity index is 726. The predicted octanol–water partition coefficient (Wildman–Crippen LogP) is 2.24. The van der Waals surface area contributed by atoms with Crippen molar-refractivity contribution in [3.63, 3.8) is 0 Å². The van der Waals surface area contributed by atoms with E-state index in [2.05, 4.69) is 32.9 Å². The van der Waals surface area contributed by atoms with Crippen LogP contribution in [0.25, 0.3) is 10.2 Å². The number of carbonyl (C=O) groups is 1. The van der Waals surface area contributed by atoms with Gasteiger partial charge in [-0.2, -0.15) is 0 Å². The van der Waals surface area contributed by atoms with E-state index in [-0.39, 0.29) is 24.1 Å². The van der Waals surface area contributed by atoms with Crippen molar-refractivity contribution in [2.24, 2.45) is 0 Å². The molecular weight excluding hydrogens is 312 g/mol. The lowest BCUT2D eigenvalue weighted by molar-refractivity contribution is -0.124. The molecule has 3 atom stereocenters. The number of fused-ring (bicyclic) bond motifs is 1. The minimum Gasteiger partial charge on any atom is -0.376 e. The van der Waals surface area contributed by atoms with Gasteiger partial charge in [0.15, 0.2) is 0 Å². The van der Waals surface area contributed by atoms with Gasteiger partial charge in [0, 0.05) is 13.0 Å². The van der Waals surface area contributed by atoms with E-state index in [9.17, 15) is 4.79 Å². The number of piperidine rings is 1. The molecular formula is C16H20N4O2S. The zero-order valence-corrected chi connectivity index (χ0v) is 13.9. The highest BCUT2D eigenvalue weighted by Crippen LogP contribution is 2.31. The first-order valence-electron chi connectivity index (χ1n) is 8.08. The van der Waals surface area contributed by atoms with Crippen molar-refractivity contribution in [3.8, 4) is 0 Å². The fourth-order valence-corrected chi connectivity index (χ4v) is 4.42. The molecule has 2 aliphatic rings. The Morgan fingerprint density at radius 2 is 2.30 bits per heavy atom. The Morgan fingerprint density at radius 1 is 1.39 bits per heavy atom. The Hall–Kier alpha value is -1.73. The molecule has 0 saturated carbocycles. The Labute approximate surface area is 138 Å². The summed E-state index contributed by atoms with van der Waals surface area (Å²) in [7, 11) is 0. The smallest absolute Gasteiger partial charge is 0.220 e. The molecule has 2 aromatic heterocycles. The second-order valence-electron chi connectivity index (χ2n) is 6.26. The van der Waals surface area contributed by atoms with Gasteiger partial charge in [0.1, 0.15) is 17.0 Å². The van der Waals surface area contributed by atoms with E-state index in [0.717, 1.165) is 41.9 Å². The molecule has 23 heavy (non-hydrogen) atoms. The number of anilines is 1. The number of hydrogen-bond acceptors (Lipinski definition) is 6. The van der Waals surface area contributed by atoms with Crippen molar-refractivity contribution >= 4 is 33.3 Å². The topological polar surface area (TPSA) is 76.1 Å². The maximum atomic E-state index is 11.8. The number of amides is 1. The van der Waals surface area contributed by atoms with Crippen molar-refractivity contribution in [3.05, 3.63) is 17.3 Å². The van der Waals surface area contributed by atoms with Gasteiger partial charge in [-0.3, -0.25) is 4.79 Å². The monoisotopic (exact) mass is 332 g/mol. The molecule has 6 nitrogen and oxygen atoms in total. The summed E-state index contributed by atoms with van der Waals surface area (Å²) in [5.74, 6) is 0.973. The second-order valence-corrected chi connectivity index (χ2v) is 7.11. The maximum absolute atomic E-state index is 11.8. The number of nitrogens with one attached hydrogen (secondary N) is 2. The molecule has 2 fully saturated rings. The molecule has 0 aliphatic carbocycles. The number of thiophene rings is 1. The fraction of sp³-hybridized carbons (Fsp3) is 0.562. The molecule has 2 saturated heterocycles. The summed E-state index contributed by atoms with van der Waals surface area (Å²) in [6.07, 6.45) is 5.09. The van der Waals surface area contributed by atoms with Gasteiger partial charge in [-0.25, -0.2) is 9.97 Å². The van der Waals surface area contributed by atoms with Crippen molar-refractivity contribution < 1.29 is 9.53 Å². The van der Waals surface area contributed by atoms with Crippen molar-refractivity contribution in [1.82, 2.24) is 15.3 Å². The molecule has 0 aromatic carbocycles. The third-order valence-corrected chi connectivity index (χ3v) is 5.69. The summed E-state index contributed by atoms with van der Waals surface area (Å²) >= 11 is 1.63. The second kappa shape index (κ2) is 6.05. The van der Waals surface area contributed by atoms with Crippen molar-refractivity contribution in [1.29, 1.82) is 0 Å². The van der Waals surface area contributed by atoms with Gasteiger partial charge in [0.25, 0.3) is 0 Å². The van der Waals surface area contributed by atoms with Crippen LogP contribution in [0.4, 0.5) is 5.82 Å². The van der Waals surface area contributed by atoms with E-state index in [1.54, 1.807) is 17.7 Å². The SMILES string of the molecule is Cc1csc2ncnc(NC3CCC(=O)NC3C3CCCO3)c12. The van der Waals surface area contributed by atoms with E-state index >= 15 is 0 Å². The molecule has 1 amide bonds. The van der Waals surface area contributed by atoms with E-state index < -0.39 is 0 Å². The van der Waals surface area contributed by atoms with Crippen LogP contribution in [0.3, 0.4) is 0 Å². The van der Waals surface area contributed by atoms with Gasteiger partial charge >= 0.3 is 0 Å². The van der Waals surface area contributed by atoms with Gasteiger partial charge < -0.3 is 15.4 Å². The number of ether oxygens (including phenoxy) is 1. The number of nitrogens with zero attached hydrogens (tertiary/aromatic N) is 2. The average Bonchev–Trinajstić information content (AvgIpc) is 3.20. The van der Waals surface area contributed by atoms with Crippen LogP contribution in [-0.2, 0) is 9.53 Å². The number of carbonyl (C=O) groups excluding carboxylic acids is 1. The highest BCUT2D eigenvalue weighted by molar-refractivity contribution is 7.17. The highest BCUT2D eigenvalue weighted by Gasteiger charge is 2.37. The molecule has 3 unspecified atom stereocenters. The molecule has 0 radical (unpaired) electrons. The van der Waals surface area contributed by atoms with Crippen LogP contribution in [0.15, 0.2) is 11.7 Å². The first kappa shape index (κ1) is 14.8. The quantitative estimate of drug-likeness (QED) is 0.901. The lowest BCUT2D eigenvalue weighted by atomic mass is 9.92. The fourth-order valence-electron chi connectivity index (χ4n) is 3.53. The summed E-state index contributed by atoms with van der Waals surface area (Å²) in [4.78, 5) is 21.6. The molecule has 4 heterocycles. The Kier molecular flexibility index (Phi) is 3.90. The minimum atomic E-state index is 0.00251. The molecule has 0 bridgehead atoms. The van der Waals surface area contributed by atoms with Gasteiger partial charge in [-0.15, -0.1) is 11.3 Å². The lowest BCUT2D eigenvalue weighted by Gasteiger charge is -2.36. The van der Waals surface area contributed by atoms with Crippen LogP contribution in [-0.4, -0.2) is 40.7 Å². The standard InChI is InChI=1S/C16H20N4O2S/c1-9-7-23-16-13(9)15(17-8-18-16)19-10-4-5-12(21)20-14(10)11-3-2-6-22-11/h7-8,10-11,14H,2-6H2,1H3,(H,20,21)(H,17,18,19). The average molecular weight is 332 g/mol. The molecule has 2 N–H and O–H groups in total. The Balaban J connectivity index is 1.62. The van der Waals surface area contributed by atoms with Gasteiger partial charge in [-0.1, -0.05) is 0 Å². The molecule has 7 heteroatoms. The van der Waals surface area contributed by atoms with Crippen LogP contribution >= 0.6 is 11.3 Å². The molecule has 2 aliphatic heterocycles. The zero-order valence-electron chi connectivity index (χ0n) is 13.0. The maximum Gasteiger partial charge on any atom is 0.220 e. The van der Waals surface area contributed by atoms with Crippen molar-refractivity contribution in [2.75, 3.05) is 11.9 Å². The normalized spacial score (nSPS) is 28.0. The first-order valence-corrected chi connectivity index (χ1v) is 8.96. The molecule has 4 rings (SSSR count). The summed E-state index contributed by atoms with van der Waals surface area (Å²) < 4.78 is 5.82. The third kappa shape index (κ3) is 2.79. The minimum absolute atomic E-state index is 0.00251. The van der Waals surface area contributed by atoms with Gasteiger partial charge in [0.2, 0.25) is 5.91 Å². The van der Waals surface area contributed by atoms with Crippen LogP contribution in [0.5, 0.6) is 0 Å². The lowest BCUT2D eigenvalue weighted by Crippen LogP contribution is -2.56. The molecule has 122 valence electrons. The van der Waals surface area contributed by atoms with Crippen LogP contribution in [0, 0.1) is 6.92 Å². The van der Waals surface area contributed by atoms with E-state index in [1.807, 2.05) is 0 Å². The van der Waals surface area contributed by atoms with Crippen LogP contribution in [0.2, 0.25) is 0 Å². The number of hydrogen-bond donors (Lipinski definition) is 2. The zero-order chi connectivity index (χ0) is 15.8. The summed E-state index contributed by atoms with van der Waals surface area (Å²) in [6.45, 7) is 2.86. The number of aromatic nitrogens is 2. The number of aryl methyl sites for hydroxylation is 1. The molecule has 2 aromatic rings. The van der Waals surface area contributed by atoms with E-state index in [0.29, 0.717) is 6.42 Å². The largest absolute Gasteiger partial charge is 0.376 e. The molecule has 0 spiro atoms. The predicted molar refractivity (Wildman–Crippen MR) is 89.7 cm³/mol. The van der Waals surface area contributed by atoms with Crippen LogP contribution < -0.4 is 10.6 Å². The summed E-state index contributed by atoms with van der Waals surface area (Å²) in [5.41, 5.74) is 1.18. The first-order chi connectivity index (χ1) is 11.2. The highest BCUT2D eigenvalue weighted by atomic mass is 32.1. The van der Waals surface area contributed by atoms with E-state index in [1.165, 1.54) is 5.56 Å². The van der Waals surface area contributed by atoms with Gasteiger partial charge in [0.05, 0.1) is 23.6 Å².